The number of nitriles is 2. The molecular formula is C16H23N5. The molecule has 0 atom stereocenters. The van der Waals surface area contributed by atoms with Gasteiger partial charge in [0.05, 0.1) is 13.6 Å². The van der Waals surface area contributed by atoms with Crippen LogP contribution >= 0.6 is 0 Å². The fourth-order valence-corrected chi connectivity index (χ4v) is 1.78. The van der Waals surface area contributed by atoms with E-state index in [4.69, 9.17) is 15.9 Å². The Morgan fingerprint density at radius 3 is 2.19 bits per heavy atom. The van der Waals surface area contributed by atoms with E-state index in [1.807, 2.05) is 0 Å². The van der Waals surface area contributed by atoms with Crippen molar-refractivity contribution in [3.05, 3.63) is 29.7 Å². The molecule has 0 aliphatic heterocycles. The number of imidazole rings is 1. The molecule has 1 aromatic heterocycles. The Hall–Kier alpha value is -2.36. The number of hydrogen-bond donors (Lipinski definition) is 0. The Labute approximate surface area is 127 Å². The summed E-state index contributed by atoms with van der Waals surface area (Å²) in [6.45, 7) is 3.44. The van der Waals surface area contributed by atoms with Gasteiger partial charge in [0, 0.05) is 0 Å². The Bertz CT molecular complexity index is 508. The van der Waals surface area contributed by atoms with Gasteiger partial charge in [0.1, 0.15) is 30.1 Å². The summed E-state index contributed by atoms with van der Waals surface area (Å²) in [4.78, 5) is 0. The van der Waals surface area contributed by atoms with Crippen LogP contribution in [-0.2, 0) is 13.6 Å². The van der Waals surface area contributed by atoms with Crippen LogP contribution < -0.4 is 4.57 Å². The highest BCUT2D eigenvalue weighted by atomic mass is 15.1. The third-order valence-electron chi connectivity index (χ3n) is 2.93. The number of allylic oxidation sites excluding steroid dienone is 1. The average molecular weight is 285 g/mol. The third kappa shape index (κ3) is 10.1. The second kappa shape index (κ2) is 12.7. The molecule has 0 fully saturated rings. The summed E-state index contributed by atoms with van der Waals surface area (Å²) >= 11 is 0. The van der Waals surface area contributed by atoms with Gasteiger partial charge in [-0.05, 0) is 12.8 Å². The summed E-state index contributed by atoms with van der Waals surface area (Å²) in [7, 11) is 2.07. The summed E-state index contributed by atoms with van der Waals surface area (Å²) in [5, 5.41) is 23.4. The molecule has 0 aliphatic rings. The first kappa shape index (κ1) is 18.6. The van der Waals surface area contributed by atoms with Crippen LogP contribution in [0.1, 0.15) is 45.4 Å². The van der Waals surface area contributed by atoms with Crippen LogP contribution in [0.4, 0.5) is 0 Å². The molecule has 1 rings (SSSR count). The molecule has 1 heterocycles. The van der Waals surface area contributed by atoms with Gasteiger partial charge in [0.15, 0.2) is 0 Å². The van der Waals surface area contributed by atoms with Crippen LogP contribution in [-0.4, -0.2) is 10.4 Å². The van der Waals surface area contributed by atoms with Crippen molar-refractivity contribution in [3.63, 3.8) is 0 Å². The van der Waals surface area contributed by atoms with Crippen molar-refractivity contribution in [3.8, 4) is 12.1 Å². The number of unbranched alkanes of at least 4 members (excludes halogenated alkanes) is 5. The fraction of sp³-hybridized carbons (Fsp3) is 0.562. The van der Waals surface area contributed by atoms with E-state index in [9.17, 15) is 0 Å². The van der Waals surface area contributed by atoms with Crippen molar-refractivity contribution >= 4 is 5.87 Å². The molecule has 0 aliphatic carbocycles. The van der Waals surface area contributed by atoms with Crippen molar-refractivity contribution in [2.24, 2.45) is 7.05 Å². The number of rotatable bonds is 7. The lowest BCUT2D eigenvalue weighted by molar-refractivity contribution is -0.671. The zero-order valence-electron chi connectivity index (χ0n) is 12.9. The monoisotopic (exact) mass is 285 g/mol. The van der Waals surface area contributed by atoms with Crippen LogP contribution in [0.5, 0.6) is 0 Å². The molecule has 0 aromatic carbocycles. The lowest BCUT2D eigenvalue weighted by Gasteiger charge is -1.98. The first-order valence-electron chi connectivity index (χ1n) is 7.26. The molecule has 1 aromatic rings. The predicted octanol–water partition coefficient (Wildman–Crippen LogP) is 2.87. The molecule has 21 heavy (non-hydrogen) atoms. The number of nitrogens with zero attached hydrogens (tertiary/aromatic N) is 5. The maximum Gasteiger partial charge on any atom is 0.243 e. The Morgan fingerprint density at radius 2 is 1.76 bits per heavy atom. The van der Waals surface area contributed by atoms with Crippen molar-refractivity contribution in [1.29, 1.82) is 10.5 Å². The first-order valence-corrected chi connectivity index (χ1v) is 7.26. The van der Waals surface area contributed by atoms with Crippen molar-refractivity contribution < 1.29 is 4.57 Å². The van der Waals surface area contributed by atoms with E-state index < -0.39 is 5.57 Å². The van der Waals surface area contributed by atoms with Gasteiger partial charge in [-0.25, -0.2) is 15.0 Å². The molecule has 0 spiro atoms. The van der Waals surface area contributed by atoms with Gasteiger partial charge in [-0.2, -0.15) is 10.5 Å². The second-order valence-electron chi connectivity index (χ2n) is 4.80. The van der Waals surface area contributed by atoms with E-state index in [2.05, 4.69) is 41.8 Å². The minimum atomic E-state index is -0.403. The molecular weight excluding hydrogens is 262 g/mol. The van der Waals surface area contributed by atoms with E-state index in [0.717, 1.165) is 0 Å². The van der Waals surface area contributed by atoms with Crippen molar-refractivity contribution in [2.45, 2.75) is 52.0 Å². The summed E-state index contributed by atoms with van der Waals surface area (Å²) in [6.07, 6.45) is 14.6. The zero-order valence-corrected chi connectivity index (χ0v) is 12.9. The van der Waals surface area contributed by atoms with Crippen LogP contribution in [0.25, 0.3) is 5.41 Å². The highest BCUT2D eigenvalue weighted by Crippen LogP contribution is 2.05. The van der Waals surface area contributed by atoms with E-state index >= 15 is 0 Å². The standard InChI is InChI=1S/C12H23N2.C4N3/c1-3-4-5-6-7-8-9-14-11-10-13(2)12-14;5-1-4(2-6)3-7/h10-12H,3-9H2,1-2H3;/q+1;-1. The second-order valence-corrected chi connectivity index (χ2v) is 4.80. The molecule has 0 amide bonds. The largest absolute Gasteiger partial charge is 0.762 e. The Kier molecular flexibility index (Phi) is 11.2. The van der Waals surface area contributed by atoms with Crippen molar-refractivity contribution in [2.75, 3.05) is 0 Å². The van der Waals surface area contributed by atoms with Gasteiger partial charge in [0.25, 0.3) is 0 Å². The molecule has 0 N–H and O–H groups in total. The predicted molar refractivity (Wildman–Crippen MR) is 82.1 cm³/mol. The molecule has 5 heteroatoms. The van der Waals surface area contributed by atoms with Gasteiger partial charge in [-0.3, -0.25) is 0 Å². The number of aromatic nitrogens is 2. The zero-order chi connectivity index (χ0) is 15.9. The lowest BCUT2D eigenvalue weighted by Crippen LogP contribution is -2.23. The van der Waals surface area contributed by atoms with Crippen molar-refractivity contribution in [1.82, 2.24) is 4.57 Å². The van der Waals surface area contributed by atoms with E-state index in [1.165, 1.54) is 63.1 Å². The van der Waals surface area contributed by atoms with Gasteiger partial charge in [-0.1, -0.05) is 32.6 Å². The summed E-state index contributed by atoms with van der Waals surface area (Å²) < 4.78 is 4.36. The van der Waals surface area contributed by atoms with Crippen LogP contribution in [0, 0.1) is 22.7 Å². The topological polar surface area (TPSA) is 78.7 Å². The van der Waals surface area contributed by atoms with Gasteiger partial charge in [0.2, 0.25) is 6.33 Å². The smallest absolute Gasteiger partial charge is 0.243 e. The molecule has 0 radical (unpaired) electrons. The van der Waals surface area contributed by atoms with Crippen LogP contribution in [0.3, 0.4) is 0 Å². The van der Waals surface area contributed by atoms with E-state index in [-0.39, 0.29) is 0 Å². The van der Waals surface area contributed by atoms with Gasteiger partial charge >= 0.3 is 0 Å². The van der Waals surface area contributed by atoms with E-state index in [1.54, 1.807) is 0 Å². The maximum atomic E-state index is 7.79. The van der Waals surface area contributed by atoms with Crippen LogP contribution in [0.15, 0.2) is 24.3 Å². The highest BCUT2D eigenvalue weighted by Gasteiger charge is 1.98. The number of aryl methyl sites for hydroxylation is 2. The Morgan fingerprint density at radius 1 is 1.14 bits per heavy atom. The normalized spacial score (nSPS) is 8.76. The third-order valence-corrected chi connectivity index (χ3v) is 2.93. The minimum absolute atomic E-state index is 0.403. The fourth-order valence-electron chi connectivity index (χ4n) is 1.78. The molecule has 0 saturated heterocycles. The summed E-state index contributed by atoms with van der Waals surface area (Å²) in [6, 6.07) is 2.79. The molecule has 0 bridgehead atoms. The summed E-state index contributed by atoms with van der Waals surface area (Å²) in [5.74, 6) is 1.40. The molecule has 0 saturated carbocycles. The van der Waals surface area contributed by atoms with Gasteiger partial charge < -0.3 is 5.41 Å². The van der Waals surface area contributed by atoms with E-state index in [0.29, 0.717) is 0 Å². The maximum absolute atomic E-state index is 7.79. The van der Waals surface area contributed by atoms with Gasteiger partial charge in [-0.15, -0.1) is 0 Å². The highest BCUT2D eigenvalue weighted by molar-refractivity contribution is 5.71. The van der Waals surface area contributed by atoms with Crippen LogP contribution in [0.2, 0.25) is 0 Å². The Balaban J connectivity index is 0.000000486. The summed E-state index contributed by atoms with van der Waals surface area (Å²) in [5.41, 5.74) is -0.403. The molecule has 112 valence electrons. The quantitative estimate of drug-likeness (QED) is 0.334. The lowest BCUT2D eigenvalue weighted by atomic mass is 10.1. The minimum Gasteiger partial charge on any atom is -0.762 e. The number of hydrogen-bond acceptors (Lipinski definition) is 2. The SMILES string of the molecule is CCCCCCCCn1cc[n+](C)c1.N#CC(=C=[N-])C#N. The first-order chi connectivity index (χ1) is 10.2. The molecule has 0 unspecified atom stereocenters. The average Bonchev–Trinajstić information content (AvgIpc) is 2.91. The molecule has 5 nitrogen and oxygen atoms in total.